The van der Waals surface area contributed by atoms with E-state index in [1.54, 1.807) is 48.2 Å². The topological polar surface area (TPSA) is 101 Å². The summed E-state index contributed by atoms with van der Waals surface area (Å²) in [6, 6.07) is 12.3. The van der Waals surface area contributed by atoms with Crippen molar-refractivity contribution in [3.8, 4) is 0 Å². The number of rotatable bonds is 7. The van der Waals surface area contributed by atoms with Crippen LogP contribution < -0.4 is 10.7 Å². The molecule has 1 aromatic carbocycles. The first kappa shape index (κ1) is 23.4. The summed E-state index contributed by atoms with van der Waals surface area (Å²) in [5, 5.41) is 14.5. The molecule has 2 N–H and O–H groups in total. The highest BCUT2D eigenvalue weighted by molar-refractivity contribution is 6.30. The lowest BCUT2D eigenvalue weighted by atomic mass is 10.1. The number of halogens is 1. The van der Waals surface area contributed by atoms with Crippen molar-refractivity contribution in [3.63, 3.8) is 0 Å². The van der Waals surface area contributed by atoms with Crippen LogP contribution in [0.4, 0.5) is 0 Å². The van der Waals surface area contributed by atoms with Gasteiger partial charge < -0.3 is 23.8 Å². The molecule has 0 spiro atoms. The second kappa shape index (κ2) is 9.73. The van der Waals surface area contributed by atoms with E-state index in [1.165, 1.54) is 6.20 Å². The van der Waals surface area contributed by atoms with Crippen LogP contribution in [-0.2, 0) is 20.1 Å². The van der Waals surface area contributed by atoms with Gasteiger partial charge in [-0.1, -0.05) is 23.7 Å². The summed E-state index contributed by atoms with van der Waals surface area (Å²) in [5.74, 6) is 0.686. The van der Waals surface area contributed by atoms with Crippen LogP contribution >= 0.6 is 11.6 Å². The molecular weight excluding hydrogens is 470 g/mol. The number of furan rings is 2. The minimum Gasteiger partial charge on any atom is -0.467 e. The van der Waals surface area contributed by atoms with Crippen LogP contribution in [0.1, 0.15) is 46.4 Å². The molecule has 3 aromatic heterocycles. The lowest BCUT2D eigenvalue weighted by Crippen LogP contribution is -2.33. The van der Waals surface area contributed by atoms with Crippen molar-refractivity contribution in [1.29, 1.82) is 0 Å². The number of carbonyl (C=O) groups is 1. The first-order chi connectivity index (χ1) is 16.9. The molecule has 4 aromatic rings. The van der Waals surface area contributed by atoms with E-state index in [4.69, 9.17) is 20.4 Å². The van der Waals surface area contributed by atoms with Gasteiger partial charge in [0.25, 0.3) is 5.91 Å². The highest BCUT2D eigenvalue weighted by Crippen LogP contribution is 2.31. The van der Waals surface area contributed by atoms with Gasteiger partial charge >= 0.3 is 0 Å². The average Bonchev–Trinajstić information content (AvgIpc) is 3.62. The molecule has 2 atom stereocenters. The van der Waals surface area contributed by atoms with Gasteiger partial charge in [0.1, 0.15) is 23.2 Å². The Balaban J connectivity index is 1.35. The fourth-order valence-electron chi connectivity index (χ4n) is 4.69. The largest absolute Gasteiger partial charge is 0.467 e. The second-order valence-corrected chi connectivity index (χ2v) is 9.30. The Hall–Kier alpha value is -3.33. The van der Waals surface area contributed by atoms with Crippen LogP contribution in [0, 0.1) is 0 Å². The molecule has 182 valence electrons. The molecule has 0 bridgehead atoms. The van der Waals surface area contributed by atoms with E-state index in [0.717, 1.165) is 24.9 Å². The molecule has 0 saturated carbocycles. The Morgan fingerprint density at radius 2 is 2.09 bits per heavy atom. The molecule has 1 amide bonds. The zero-order chi connectivity index (χ0) is 24.5. The van der Waals surface area contributed by atoms with Gasteiger partial charge in [-0.05, 0) is 55.3 Å². The molecule has 1 saturated heterocycles. The van der Waals surface area contributed by atoms with Crippen molar-refractivity contribution in [2.24, 2.45) is 7.05 Å². The van der Waals surface area contributed by atoms with E-state index in [0.29, 0.717) is 34.2 Å². The summed E-state index contributed by atoms with van der Waals surface area (Å²) in [6.45, 7) is 1.52. The van der Waals surface area contributed by atoms with Gasteiger partial charge in [-0.25, -0.2) is 0 Å². The van der Waals surface area contributed by atoms with E-state index in [-0.39, 0.29) is 23.6 Å². The third-order valence-electron chi connectivity index (χ3n) is 6.48. The van der Waals surface area contributed by atoms with Gasteiger partial charge in [-0.3, -0.25) is 14.5 Å². The summed E-state index contributed by atoms with van der Waals surface area (Å²) >= 11 is 5.91. The predicted molar refractivity (Wildman–Crippen MR) is 131 cm³/mol. The fourth-order valence-corrected chi connectivity index (χ4v) is 4.81. The fraction of sp³-hybridized carbons (Fsp3) is 0.308. The Labute approximate surface area is 206 Å². The van der Waals surface area contributed by atoms with Crippen LogP contribution in [0.15, 0.2) is 68.6 Å². The second-order valence-electron chi connectivity index (χ2n) is 8.86. The Morgan fingerprint density at radius 1 is 1.29 bits per heavy atom. The predicted octanol–water partition coefficient (Wildman–Crippen LogP) is 4.01. The third-order valence-corrected chi connectivity index (χ3v) is 6.73. The van der Waals surface area contributed by atoms with Crippen molar-refractivity contribution < 1.29 is 18.7 Å². The van der Waals surface area contributed by atoms with Gasteiger partial charge in [-0.2, -0.15) is 0 Å². The van der Waals surface area contributed by atoms with E-state index in [2.05, 4.69) is 10.2 Å². The number of likely N-dealkylation sites (tertiary alicyclic amines) is 1. The number of nitrogens with one attached hydrogen (secondary N) is 1. The summed E-state index contributed by atoms with van der Waals surface area (Å²) in [4.78, 5) is 28.1. The maximum atomic E-state index is 13.1. The Morgan fingerprint density at radius 3 is 2.83 bits per heavy atom. The molecule has 0 aliphatic carbocycles. The molecule has 5 rings (SSSR count). The van der Waals surface area contributed by atoms with Crippen LogP contribution in [0.2, 0.25) is 5.02 Å². The molecule has 0 radical (unpaired) electrons. The number of aryl methyl sites for hydroxylation is 1. The standard InChI is InChI=1S/C26H26ClN3O5/c1-29-15-20(25(33)28-13-16-6-8-17(27)9-7-16)23(31)19-12-18(35-26(19)29)14-30-10-2-4-21(30)24(32)22-5-3-11-34-22/h3,5-9,11-12,15,21,24,32H,2,4,10,13-14H2,1H3,(H,28,33)/t21-,24?/m1/s1. The molecule has 8 nitrogen and oxygen atoms in total. The van der Waals surface area contributed by atoms with Crippen LogP contribution in [0.3, 0.4) is 0 Å². The van der Waals surface area contributed by atoms with E-state index < -0.39 is 12.0 Å². The van der Waals surface area contributed by atoms with Crippen LogP contribution in [-0.4, -0.2) is 33.1 Å². The zero-order valence-electron chi connectivity index (χ0n) is 19.2. The van der Waals surface area contributed by atoms with E-state index in [1.807, 2.05) is 12.1 Å². The summed E-state index contributed by atoms with van der Waals surface area (Å²) in [6.07, 6.45) is 4.09. The maximum Gasteiger partial charge on any atom is 0.257 e. The van der Waals surface area contributed by atoms with Gasteiger partial charge in [0, 0.05) is 30.9 Å². The molecule has 1 aliphatic rings. The highest BCUT2D eigenvalue weighted by Gasteiger charge is 2.33. The highest BCUT2D eigenvalue weighted by atomic mass is 35.5. The molecule has 1 aliphatic heterocycles. The quantitative estimate of drug-likeness (QED) is 0.402. The molecule has 4 heterocycles. The first-order valence-corrected chi connectivity index (χ1v) is 11.9. The molecule has 1 fully saturated rings. The molecular formula is C26H26ClN3O5. The summed E-state index contributed by atoms with van der Waals surface area (Å²) in [5.41, 5.74) is 0.952. The number of aliphatic hydroxyl groups is 1. The number of amides is 1. The minimum atomic E-state index is -0.737. The number of benzene rings is 1. The van der Waals surface area contributed by atoms with E-state index >= 15 is 0 Å². The number of carbonyl (C=O) groups excluding carboxylic acids is 1. The van der Waals surface area contributed by atoms with Crippen molar-refractivity contribution in [2.75, 3.05) is 6.54 Å². The maximum absolute atomic E-state index is 13.1. The summed E-state index contributed by atoms with van der Waals surface area (Å²) in [7, 11) is 1.74. The smallest absolute Gasteiger partial charge is 0.257 e. The van der Waals surface area contributed by atoms with Gasteiger partial charge in [0.05, 0.1) is 18.2 Å². The molecule has 35 heavy (non-hydrogen) atoms. The SMILES string of the molecule is Cn1cc(C(=O)NCc2ccc(Cl)cc2)c(=O)c2cc(CN3CCC[C@@H]3C(O)c3ccco3)oc21. The Bertz CT molecular complexity index is 1390. The number of fused-ring (bicyclic) bond motifs is 1. The number of nitrogens with zero attached hydrogens (tertiary/aromatic N) is 2. The average molecular weight is 496 g/mol. The van der Waals surface area contributed by atoms with Crippen molar-refractivity contribution in [2.45, 2.75) is 38.1 Å². The number of hydrogen-bond donors (Lipinski definition) is 2. The summed E-state index contributed by atoms with van der Waals surface area (Å²) < 4.78 is 13.0. The Kier molecular flexibility index (Phi) is 6.51. The lowest BCUT2D eigenvalue weighted by Gasteiger charge is -2.26. The van der Waals surface area contributed by atoms with Gasteiger partial charge in [0.15, 0.2) is 0 Å². The lowest BCUT2D eigenvalue weighted by molar-refractivity contribution is 0.0500. The number of aromatic nitrogens is 1. The van der Waals surface area contributed by atoms with Crippen LogP contribution in [0.5, 0.6) is 0 Å². The normalized spacial score (nSPS) is 17.2. The number of hydrogen-bond acceptors (Lipinski definition) is 6. The molecule has 1 unspecified atom stereocenters. The first-order valence-electron chi connectivity index (χ1n) is 11.5. The van der Waals surface area contributed by atoms with Crippen molar-refractivity contribution in [1.82, 2.24) is 14.8 Å². The van der Waals surface area contributed by atoms with Gasteiger partial charge in [-0.15, -0.1) is 0 Å². The monoisotopic (exact) mass is 495 g/mol. The van der Waals surface area contributed by atoms with Crippen LogP contribution in [0.25, 0.3) is 11.1 Å². The number of aliphatic hydroxyl groups excluding tert-OH is 1. The molecule has 9 heteroatoms. The van der Waals surface area contributed by atoms with Crippen molar-refractivity contribution >= 4 is 28.6 Å². The number of pyridine rings is 1. The zero-order valence-corrected chi connectivity index (χ0v) is 20.0. The van der Waals surface area contributed by atoms with Crippen molar-refractivity contribution in [3.05, 3.63) is 92.8 Å². The third kappa shape index (κ3) is 4.77. The minimum absolute atomic E-state index is 0.0496. The van der Waals surface area contributed by atoms with Gasteiger partial charge in [0.2, 0.25) is 11.1 Å². The van der Waals surface area contributed by atoms with E-state index in [9.17, 15) is 14.7 Å².